The first kappa shape index (κ1) is 23.8. The SMILES string of the molecule is CCCCN(CCCC(N(C)C)N(CC)CC)N(CCC)CCC. The number of hydrogen-bond donors (Lipinski definition) is 0. The van der Waals surface area contributed by atoms with Gasteiger partial charge in [0.05, 0.1) is 6.17 Å². The molecule has 0 aliphatic heterocycles. The highest BCUT2D eigenvalue weighted by Crippen LogP contribution is 2.12. The van der Waals surface area contributed by atoms with E-state index in [1.807, 2.05) is 0 Å². The van der Waals surface area contributed by atoms with Crippen molar-refractivity contribution < 1.29 is 0 Å². The second-order valence-electron chi connectivity index (χ2n) is 7.07. The van der Waals surface area contributed by atoms with Gasteiger partial charge in [0.2, 0.25) is 0 Å². The van der Waals surface area contributed by atoms with Crippen molar-refractivity contribution in [3.63, 3.8) is 0 Å². The van der Waals surface area contributed by atoms with Crippen LogP contribution >= 0.6 is 0 Å². The summed E-state index contributed by atoms with van der Waals surface area (Å²) < 4.78 is 0. The Morgan fingerprint density at radius 2 is 1.12 bits per heavy atom. The number of hydrazine groups is 1. The van der Waals surface area contributed by atoms with Crippen LogP contribution in [0.2, 0.25) is 0 Å². The minimum atomic E-state index is 0.568. The molecule has 0 aliphatic carbocycles. The van der Waals surface area contributed by atoms with Crippen LogP contribution in [0, 0.1) is 0 Å². The molecule has 24 heavy (non-hydrogen) atoms. The van der Waals surface area contributed by atoms with Crippen LogP contribution in [0.4, 0.5) is 0 Å². The van der Waals surface area contributed by atoms with Gasteiger partial charge in [0.1, 0.15) is 0 Å². The molecule has 0 rings (SSSR count). The van der Waals surface area contributed by atoms with Gasteiger partial charge in [0.25, 0.3) is 0 Å². The van der Waals surface area contributed by atoms with Crippen molar-refractivity contribution in [1.29, 1.82) is 0 Å². The van der Waals surface area contributed by atoms with Crippen molar-refractivity contribution in [2.75, 3.05) is 53.4 Å². The number of rotatable bonds is 16. The van der Waals surface area contributed by atoms with Crippen LogP contribution < -0.4 is 0 Å². The second kappa shape index (κ2) is 15.1. The normalized spacial score (nSPS) is 13.6. The Morgan fingerprint density at radius 1 is 0.625 bits per heavy atom. The Morgan fingerprint density at radius 3 is 1.54 bits per heavy atom. The largest absolute Gasteiger partial charge is 0.294 e. The van der Waals surface area contributed by atoms with Gasteiger partial charge < -0.3 is 0 Å². The molecule has 0 spiro atoms. The maximum Gasteiger partial charge on any atom is 0.0617 e. The van der Waals surface area contributed by atoms with Crippen molar-refractivity contribution in [2.24, 2.45) is 0 Å². The van der Waals surface area contributed by atoms with Crippen molar-refractivity contribution in [3.05, 3.63) is 0 Å². The van der Waals surface area contributed by atoms with E-state index in [9.17, 15) is 0 Å². The van der Waals surface area contributed by atoms with E-state index in [1.165, 1.54) is 64.7 Å². The maximum atomic E-state index is 2.64. The lowest BCUT2D eigenvalue weighted by molar-refractivity contribution is -0.0312. The quantitative estimate of drug-likeness (QED) is 0.309. The topological polar surface area (TPSA) is 13.0 Å². The summed E-state index contributed by atoms with van der Waals surface area (Å²) in [4.78, 5) is 4.96. The summed E-state index contributed by atoms with van der Waals surface area (Å²) in [6.45, 7) is 18.5. The molecule has 0 aromatic carbocycles. The lowest BCUT2D eigenvalue weighted by Crippen LogP contribution is -2.47. The summed E-state index contributed by atoms with van der Waals surface area (Å²) in [5.41, 5.74) is 0. The molecule has 0 heterocycles. The van der Waals surface area contributed by atoms with Crippen LogP contribution in [0.25, 0.3) is 0 Å². The lowest BCUT2D eigenvalue weighted by atomic mass is 10.2. The van der Waals surface area contributed by atoms with Gasteiger partial charge in [-0.15, -0.1) is 0 Å². The molecule has 0 aliphatic rings. The van der Waals surface area contributed by atoms with E-state index in [2.05, 4.69) is 68.5 Å². The fourth-order valence-corrected chi connectivity index (χ4v) is 3.52. The van der Waals surface area contributed by atoms with Crippen LogP contribution in [0.1, 0.15) is 73.1 Å². The van der Waals surface area contributed by atoms with Crippen molar-refractivity contribution in [1.82, 2.24) is 19.8 Å². The first-order valence-electron chi connectivity index (χ1n) is 10.5. The third-order valence-corrected chi connectivity index (χ3v) is 4.84. The van der Waals surface area contributed by atoms with Crippen LogP contribution in [-0.2, 0) is 0 Å². The standard InChI is InChI=1S/C20H46N4/c1-8-13-18-24(23(16-9-2)17-10-3)19-14-15-20(21(6)7)22(11-4)12-5/h20H,8-19H2,1-7H3. The number of nitrogens with zero attached hydrogens (tertiary/aromatic N) is 4. The Balaban J connectivity index is 4.65. The molecule has 0 saturated heterocycles. The Hall–Kier alpha value is -0.160. The smallest absolute Gasteiger partial charge is 0.0617 e. The van der Waals surface area contributed by atoms with Gasteiger partial charge in [-0.1, -0.05) is 41.0 Å². The molecule has 1 atom stereocenters. The Labute approximate surface area is 153 Å². The molecule has 0 amide bonds. The van der Waals surface area contributed by atoms with Crippen LogP contribution in [0.15, 0.2) is 0 Å². The molecule has 146 valence electrons. The number of hydrogen-bond acceptors (Lipinski definition) is 4. The molecule has 1 unspecified atom stereocenters. The van der Waals surface area contributed by atoms with E-state index in [-0.39, 0.29) is 0 Å². The highest BCUT2D eigenvalue weighted by molar-refractivity contribution is 4.69. The van der Waals surface area contributed by atoms with E-state index in [0.717, 1.165) is 13.1 Å². The fraction of sp³-hybridized carbons (Fsp3) is 1.00. The van der Waals surface area contributed by atoms with Gasteiger partial charge in [0.15, 0.2) is 0 Å². The molecule has 0 saturated carbocycles. The highest BCUT2D eigenvalue weighted by Gasteiger charge is 2.19. The van der Waals surface area contributed by atoms with Gasteiger partial charge in [-0.2, -0.15) is 0 Å². The summed E-state index contributed by atoms with van der Waals surface area (Å²) in [5, 5.41) is 5.25. The number of unbranched alkanes of at least 4 members (excludes halogenated alkanes) is 1. The summed E-state index contributed by atoms with van der Waals surface area (Å²) in [7, 11) is 4.44. The predicted molar refractivity (Wildman–Crippen MR) is 108 cm³/mol. The molecule has 0 aromatic rings. The summed E-state index contributed by atoms with van der Waals surface area (Å²) in [6, 6.07) is 0. The van der Waals surface area contributed by atoms with Crippen molar-refractivity contribution in [3.8, 4) is 0 Å². The molecule has 0 aromatic heterocycles. The van der Waals surface area contributed by atoms with Crippen molar-refractivity contribution in [2.45, 2.75) is 79.3 Å². The highest BCUT2D eigenvalue weighted by atomic mass is 15.6. The molecular weight excluding hydrogens is 296 g/mol. The van der Waals surface area contributed by atoms with E-state index in [0.29, 0.717) is 6.17 Å². The monoisotopic (exact) mass is 342 g/mol. The summed E-state index contributed by atoms with van der Waals surface area (Å²) in [6.07, 6.45) is 8.15. The zero-order valence-corrected chi connectivity index (χ0v) is 17.9. The minimum Gasteiger partial charge on any atom is -0.294 e. The zero-order valence-electron chi connectivity index (χ0n) is 17.9. The van der Waals surface area contributed by atoms with Gasteiger partial charge in [-0.05, 0) is 59.3 Å². The van der Waals surface area contributed by atoms with Gasteiger partial charge >= 0.3 is 0 Å². The van der Waals surface area contributed by atoms with Crippen molar-refractivity contribution >= 4 is 0 Å². The molecule has 0 bridgehead atoms. The molecule has 0 N–H and O–H groups in total. The second-order valence-corrected chi connectivity index (χ2v) is 7.07. The lowest BCUT2D eigenvalue weighted by Gasteiger charge is -2.37. The first-order valence-corrected chi connectivity index (χ1v) is 10.5. The van der Waals surface area contributed by atoms with E-state index >= 15 is 0 Å². The first-order chi connectivity index (χ1) is 11.5. The molecule has 4 nitrogen and oxygen atoms in total. The summed E-state index contributed by atoms with van der Waals surface area (Å²) in [5.74, 6) is 0. The van der Waals surface area contributed by atoms with E-state index < -0.39 is 0 Å². The zero-order chi connectivity index (χ0) is 18.4. The average Bonchev–Trinajstić information content (AvgIpc) is 2.56. The van der Waals surface area contributed by atoms with Crippen LogP contribution in [-0.4, -0.2) is 79.3 Å². The predicted octanol–water partition coefficient (Wildman–Crippen LogP) is 4.14. The average molecular weight is 343 g/mol. The van der Waals surface area contributed by atoms with E-state index in [4.69, 9.17) is 0 Å². The molecule has 4 heteroatoms. The van der Waals surface area contributed by atoms with Gasteiger partial charge in [-0.25, -0.2) is 10.0 Å². The third-order valence-electron chi connectivity index (χ3n) is 4.84. The van der Waals surface area contributed by atoms with Crippen LogP contribution in [0.3, 0.4) is 0 Å². The molecule has 0 radical (unpaired) electrons. The Bertz CT molecular complexity index is 260. The van der Waals surface area contributed by atoms with Gasteiger partial charge in [0, 0.05) is 26.2 Å². The minimum absolute atomic E-state index is 0.568. The molecular formula is C20H46N4. The Kier molecular flexibility index (Phi) is 15.0. The van der Waals surface area contributed by atoms with Gasteiger partial charge in [-0.3, -0.25) is 9.80 Å². The maximum absolute atomic E-state index is 2.64. The van der Waals surface area contributed by atoms with E-state index in [1.54, 1.807) is 0 Å². The van der Waals surface area contributed by atoms with Crippen LogP contribution in [0.5, 0.6) is 0 Å². The molecule has 0 fully saturated rings. The fourth-order valence-electron chi connectivity index (χ4n) is 3.52. The third kappa shape index (κ3) is 9.36. The summed E-state index contributed by atoms with van der Waals surface area (Å²) >= 11 is 0.